The quantitative estimate of drug-likeness (QED) is 0.427. The number of likely N-dealkylation sites (N-methyl/N-ethyl adjacent to an activating group) is 1. The first kappa shape index (κ1) is 17.4. The predicted octanol–water partition coefficient (Wildman–Crippen LogP) is 1.73. The average Bonchev–Trinajstić information content (AvgIpc) is 2.47. The third-order valence-electron chi connectivity index (χ3n) is 3.58. The van der Waals surface area contributed by atoms with Crippen LogP contribution in [0.25, 0.3) is 0 Å². The summed E-state index contributed by atoms with van der Waals surface area (Å²) in [5, 5.41) is 21.5. The Kier molecular flexibility index (Phi) is 5.05. The smallest absolute Gasteiger partial charge is 0.341 e. The zero-order valence-corrected chi connectivity index (χ0v) is 14.6. The van der Waals surface area contributed by atoms with Crippen LogP contribution in [0.5, 0.6) is 0 Å². The molecule has 0 amide bonds. The van der Waals surface area contributed by atoms with E-state index >= 15 is 0 Å². The molecule has 8 heteroatoms. The fourth-order valence-electron chi connectivity index (χ4n) is 2.61. The van der Waals surface area contributed by atoms with Gasteiger partial charge in [-0.15, -0.1) is 0 Å². The molecule has 122 valence electrons. The summed E-state index contributed by atoms with van der Waals surface area (Å²) in [7, 11) is 1.46. The van der Waals surface area contributed by atoms with E-state index in [-0.39, 0.29) is 12.1 Å². The molecule has 1 unspecified atom stereocenters. The summed E-state index contributed by atoms with van der Waals surface area (Å²) in [5.41, 5.74) is 0.391. The zero-order chi connectivity index (χ0) is 17.3. The Morgan fingerprint density at radius 1 is 1.22 bits per heavy atom. The fraction of sp³-hybridized carbons (Fsp3) is 0.267. The van der Waals surface area contributed by atoms with Crippen LogP contribution in [0.2, 0.25) is 0 Å². The normalized spacial score (nSPS) is 19.2. The summed E-state index contributed by atoms with van der Waals surface area (Å²) in [6.45, 7) is 1.72. The first-order chi connectivity index (χ1) is 10.8. The van der Waals surface area contributed by atoms with E-state index in [2.05, 4.69) is 22.6 Å². The van der Waals surface area contributed by atoms with Crippen molar-refractivity contribution in [1.82, 2.24) is 5.01 Å². The first-order valence-corrected chi connectivity index (χ1v) is 7.89. The predicted molar refractivity (Wildman–Crippen MR) is 90.8 cm³/mol. The van der Waals surface area contributed by atoms with E-state index in [9.17, 15) is 24.6 Å². The second kappa shape index (κ2) is 6.67. The van der Waals surface area contributed by atoms with E-state index in [1.165, 1.54) is 17.1 Å². The molecule has 1 aromatic carbocycles. The number of hydrogen-bond donors (Lipinski definition) is 2. The third-order valence-corrected chi connectivity index (χ3v) is 4.30. The van der Waals surface area contributed by atoms with E-state index in [1.807, 2.05) is 12.1 Å². The highest BCUT2D eigenvalue weighted by Gasteiger charge is 2.45. The lowest BCUT2D eigenvalue weighted by atomic mass is 9.97. The lowest BCUT2D eigenvalue weighted by molar-refractivity contribution is -0.148. The standard InChI is InChI=1S/C15H15IN2O5/c1-3-10-11(14(20)21)13(19)12(15(22)23)17(2)18(10)9-6-4-8(16)5-7-9/h4-7,12H,3H2,1-2H3,(H,20,21)(H,22,23). The Bertz CT molecular complexity index is 698. The molecule has 0 bridgehead atoms. The number of Topliss-reactive ketones (excluding diaryl/α,β-unsaturated/α-hetero) is 1. The van der Waals surface area contributed by atoms with Gasteiger partial charge in [-0.25, -0.2) is 9.59 Å². The van der Waals surface area contributed by atoms with Crippen LogP contribution < -0.4 is 5.01 Å². The van der Waals surface area contributed by atoms with Crippen molar-refractivity contribution < 1.29 is 24.6 Å². The molecule has 1 aliphatic heterocycles. The Hall–Kier alpha value is -1.94. The second-order valence-electron chi connectivity index (χ2n) is 4.95. The van der Waals surface area contributed by atoms with Gasteiger partial charge in [0.15, 0.2) is 6.04 Å². The largest absolute Gasteiger partial charge is 0.480 e. The molecule has 23 heavy (non-hydrogen) atoms. The van der Waals surface area contributed by atoms with Gasteiger partial charge < -0.3 is 10.2 Å². The molecule has 0 saturated heterocycles. The second-order valence-corrected chi connectivity index (χ2v) is 6.19. The number of halogens is 1. The number of carbonyl (C=O) groups is 3. The highest BCUT2D eigenvalue weighted by atomic mass is 127. The molecule has 0 radical (unpaired) electrons. The van der Waals surface area contributed by atoms with Crippen molar-refractivity contribution in [2.75, 3.05) is 12.1 Å². The molecule has 2 rings (SSSR count). The number of anilines is 1. The molecule has 0 saturated carbocycles. The van der Waals surface area contributed by atoms with Crippen molar-refractivity contribution in [1.29, 1.82) is 0 Å². The van der Waals surface area contributed by atoms with Crippen LogP contribution in [0.3, 0.4) is 0 Å². The molecule has 1 aliphatic rings. The Labute approximate surface area is 146 Å². The number of ketones is 1. The molecule has 1 aromatic rings. The van der Waals surface area contributed by atoms with E-state index in [1.54, 1.807) is 19.1 Å². The summed E-state index contributed by atoms with van der Waals surface area (Å²) < 4.78 is 0.984. The number of carbonyl (C=O) groups excluding carboxylic acids is 1. The Morgan fingerprint density at radius 3 is 2.22 bits per heavy atom. The van der Waals surface area contributed by atoms with Crippen LogP contribution in [0.15, 0.2) is 35.5 Å². The molecule has 0 aromatic heterocycles. The van der Waals surface area contributed by atoms with Crippen LogP contribution in [0.1, 0.15) is 13.3 Å². The number of hydrogen-bond acceptors (Lipinski definition) is 5. The van der Waals surface area contributed by atoms with Gasteiger partial charge in [-0.1, -0.05) is 6.92 Å². The molecular weight excluding hydrogens is 415 g/mol. The third kappa shape index (κ3) is 3.08. The lowest BCUT2D eigenvalue weighted by Crippen LogP contribution is -2.58. The van der Waals surface area contributed by atoms with Crippen LogP contribution in [-0.4, -0.2) is 46.0 Å². The number of aliphatic carboxylic acids is 2. The summed E-state index contributed by atoms with van der Waals surface area (Å²) in [6, 6.07) is 5.58. The minimum atomic E-state index is -1.57. The van der Waals surface area contributed by atoms with E-state index < -0.39 is 29.3 Å². The van der Waals surface area contributed by atoms with E-state index in [4.69, 9.17) is 0 Å². The number of nitrogens with zero attached hydrogens (tertiary/aromatic N) is 2. The van der Waals surface area contributed by atoms with Crippen molar-refractivity contribution in [3.8, 4) is 0 Å². The van der Waals surface area contributed by atoms with Gasteiger partial charge in [0.1, 0.15) is 5.57 Å². The molecule has 1 atom stereocenters. The van der Waals surface area contributed by atoms with Crippen molar-refractivity contribution in [2.24, 2.45) is 0 Å². The highest BCUT2D eigenvalue weighted by Crippen LogP contribution is 2.32. The van der Waals surface area contributed by atoms with E-state index in [0.717, 1.165) is 3.57 Å². The Morgan fingerprint density at radius 2 is 1.78 bits per heavy atom. The average molecular weight is 430 g/mol. The fourth-order valence-corrected chi connectivity index (χ4v) is 2.97. The van der Waals surface area contributed by atoms with Crippen LogP contribution in [-0.2, 0) is 14.4 Å². The maximum atomic E-state index is 12.3. The summed E-state index contributed by atoms with van der Waals surface area (Å²) in [4.78, 5) is 35.3. The maximum absolute atomic E-state index is 12.3. The number of rotatable bonds is 4. The molecule has 0 aliphatic carbocycles. The SMILES string of the molecule is CCC1=C(C(=O)O)C(=O)C(C(=O)O)N(C)N1c1ccc(I)cc1. The van der Waals surface area contributed by atoms with Crippen molar-refractivity contribution >= 4 is 46.0 Å². The van der Waals surface area contributed by atoms with Gasteiger partial charge in [0.25, 0.3) is 0 Å². The maximum Gasteiger partial charge on any atom is 0.341 e. The monoisotopic (exact) mass is 430 g/mol. The van der Waals surface area contributed by atoms with Gasteiger partial charge in [0, 0.05) is 10.6 Å². The number of carboxylic acids is 2. The number of allylic oxidation sites excluding steroid dienone is 1. The van der Waals surface area contributed by atoms with Crippen LogP contribution in [0, 0.1) is 3.57 Å². The van der Waals surface area contributed by atoms with E-state index in [0.29, 0.717) is 5.69 Å². The lowest BCUT2D eigenvalue weighted by Gasteiger charge is -2.42. The molecule has 0 fully saturated rings. The van der Waals surface area contributed by atoms with Gasteiger partial charge in [0.05, 0.1) is 11.4 Å². The van der Waals surface area contributed by atoms with Gasteiger partial charge in [-0.05, 0) is 53.3 Å². The number of carboxylic acid groups (broad SMARTS) is 2. The van der Waals surface area contributed by atoms with Gasteiger partial charge in [0.2, 0.25) is 5.78 Å². The Balaban J connectivity index is 2.69. The van der Waals surface area contributed by atoms with Crippen LogP contribution in [0.4, 0.5) is 5.69 Å². The summed E-state index contributed by atoms with van der Waals surface area (Å²) in [5.74, 6) is -3.71. The molecule has 0 spiro atoms. The highest BCUT2D eigenvalue weighted by molar-refractivity contribution is 14.1. The van der Waals surface area contributed by atoms with Gasteiger partial charge in [-0.3, -0.25) is 9.80 Å². The number of hydrazine groups is 1. The summed E-state index contributed by atoms with van der Waals surface area (Å²) >= 11 is 2.13. The van der Waals surface area contributed by atoms with Crippen molar-refractivity contribution in [3.63, 3.8) is 0 Å². The molecule has 2 N–H and O–H groups in total. The number of benzene rings is 1. The molecule has 7 nitrogen and oxygen atoms in total. The van der Waals surface area contributed by atoms with Crippen LogP contribution >= 0.6 is 22.6 Å². The molecular formula is C15H15IN2O5. The van der Waals surface area contributed by atoms with Gasteiger partial charge >= 0.3 is 11.9 Å². The van der Waals surface area contributed by atoms with Crippen molar-refractivity contribution in [3.05, 3.63) is 39.1 Å². The topological polar surface area (TPSA) is 98.1 Å². The zero-order valence-electron chi connectivity index (χ0n) is 12.5. The van der Waals surface area contributed by atoms with Gasteiger partial charge in [-0.2, -0.15) is 5.01 Å². The summed E-state index contributed by atoms with van der Waals surface area (Å²) in [6.07, 6.45) is 0.274. The minimum absolute atomic E-state index is 0.267. The first-order valence-electron chi connectivity index (χ1n) is 6.81. The molecule has 1 heterocycles. The van der Waals surface area contributed by atoms with Crippen molar-refractivity contribution in [2.45, 2.75) is 19.4 Å². The minimum Gasteiger partial charge on any atom is -0.480 e.